The Kier molecular flexibility index (Phi) is 19.9. The summed E-state index contributed by atoms with van der Waals surface area (Å²) in [4.78, 5) is 23.1. The van der Waals surface area contributed by atoms with Crippen LogP contribution in [0.3, 0.4) is 0 Å². The van der Waals surface area contributed by atoms with Gasteiger partial charge in [-0.15, -0.1) is 0 Å². The minimum Gasteiger partial charge on any atom is -0.466 e. The van der Waals surface area contributed by atoms with Gasteiger partial charge in [0, 0.05) is 12.8 Å². The SMILES string of the molecule is CCCCCCCCCCCCCCCOC(=O)CCCC(=O)OCC(C)C. The number of unbranched alkanes of at least 4 members (excludes halogenated alkanes) is 12. The van der Waals surface area contributed by atoms with Gasteiger partial charge in [0.1, 0.15) is 0 Å². The van der Waals surface area contributed by atoms with Gasteiger partial charge in [-0.3, -0.25) is 9.59 Å². The van der Waals surface area contributed by atoms with Crippen LogP contribution in [-0.4, -0.2) is 25.2 Å². The molecule has 0 spiro atoms. The molecule has 0 atom stereocenters. The van der Waals surface area contributed by atoms with E-state index in [0.717, 1.165) is 12.8 Å². The summed E-state index contributed by atoms with van der Waals surface area (Å²) in [6.45, 7) is 7.22. The largest absolute Gasteiger partial charge is 0.466 e. The van der Waals surface area contributed by atoms with Crippen LogP contribution in [0.5, 0.6) is 0 Å². The van der Waals surface area contributed by atoms with Crippen LogP contribution < -0.4 is 0 Å². The molecule has 0 fully saturated rings. The van der Waals surface area contributed by atoms with Crippen LogP contribution in [0.25, 0.3) is 0 Å². The van der Waals surface area contributed by atoms with Gasteiger partial charge in [-0.2, -0.15) is 0 Å². The average Bonchev–Trinajstić information content (AvgIpc) is 2.66. The first-order chi connectivity index (χ1) is 13.6. The lowest BCUT2D eigenvalue weighted by Crippen LogP contribution is -2.11. The van der Waals surface area contributed by atoms with Gasteiger partial charge in [-0.25, -0.2) is 0 Å². The second-order valence-corrected chi connectivity index (χ2v) is 8.39. The Bertz CT molecular complexity index is 366. The summed E-state index contributed by atoms with van der Waals surface area (Å²) < 4.78 is 10.3. The fourth-order valence-corrected chi connectivity index (χ4v) is 3.09. The number of carbonyl (C=O) groups excluding carboxylic acids is 2. The minimum absolute atomic E-state index is 0.199. The van der Waals surface area contributed by atoms with E-state index in [1.165, 1.54) is 70.6 Å². The highest BCUT2D eigenvalue weighted by Gasteiger charge is 2.08. The Hall–Kier alpha value is -1.06. The third-order valence-corrected chi connectivity index (χ3v) is 4.85. The number of hydrogen-bond donors (Lipinski definition) is 0. The van der Waals surface area contributed by atoms with Crippen molar-refractivity contribution in [1.82, 2.24) is 0 Å². The van der Waals surface area contributed by atoms with Crippen molar-refractivity contribution in [3.05, 3.63) is 0 Å². The molecule has 0 aromatic rings. The molecule has 0 saturated heterocycles. The molecule has 166 valence electrons. The van der Waals surface area contributed by atoms with E-state index >= 15 is 0 Å². The average molecular weight is 399 g/mol. The monoisotopic (exact) mass is 398 g/mol. The maximum atomic E-state index is 11.6. The van der Waals surface area contributed by atoms with E-state index in [9.17, 15) is 9.59 Å². The van der Waals surface area contributed by atoms with Crippen molar-refractivity contribution in [1.29, 1.82) is 0 Å². The third kappa shape index (κ3) is 21.2. The number of carbonyl (C=O) groups is 2. The number of rotatable bonds is 20. The van der Waals surface area contributed by atoms with Gasteiger partial charge in [0.05, 0.1) is 13.2 Å². The summed E-state index contributed by atoms with van der Waals surface area (Å²) in [5.74, 6) is -0.0807. The summed E-state index contributed by atoms with van der Waals surface area (Å²) in [7, 11) is 0. The molecule has 0 aromatic carbocycles. The molecule has 0 radical (unpaired) electrons. The summed E-state index contributed by atoms with van der Waals surface area (Å²) in [5.41, 5.74) is 0. The van der Waals surface area contributed by atoms with E-state index in [1.807, 2.05) is 13.8 Å². The maximum absolute atomic E-state index is 11.6. The van der Waals surface area contributed by atoms with Crippen molar-refractivity contribution >= 4 is 11.9 Å². The molecule has 0 aliphatic rings. The highest BCUT2D eigenvalue weighted by molar-refractivity contribution is 5.72. The van der Waals surface area contributed by atoms with Gasteiger partial charge >= 0.3 is 11.9 Å². The van der Waals surface area contributed by atoms with Gasteiger partial charge in [-0.1, -0.05) is 97.8 Å². The first kappa shape index (κ1) is 26.9. The smallest absolute Gasteiger partial charge is 0.305 e. The van der Waals surface area contributed by atoms with Gasteiger partial charge in [0.15, 0.2) is 0 Å². The number of ether oxygens (including phenoxy) is 2. The van der Waals surface area contributed by atoms with Crippen molar-refractivity contribution in [2.45, 2.75) is 124 Å². The van der Waals surface area contributed by atoms with E-state index < -0.39 is 0 Å². The quantitative estimate of drug-likeness (QED) is 0.164. The molecule has 0 amide bonds. The summed E-state index contributed by atoms with van der Waals surface area (Å²) >= 11 is 0. The molecule has 4 heteroatoms. The zero-order valence-electron chi connectivity index (χ0n) is 18.9. The summed E-state index contributed by atoms with van der Waals surface area (Å²) in [6, 6.07) is 0. The van der Waals surface area contributed by atoms with Gasteiger partial charge < -0.3 is 9.47 Å². The lowest BCUT2D eigenvalue weighted by Gasteiger charge is -2.07. The molecular formula is C24H46O4. The standard InChI is InChI=1S/C24H46O4/c1-4-5-6-7-8-9-10-11-12-13-14-15-16-20-27-23(25)18-17-19-24(26)28-21-22(2)3/h22H,4-21H2,1-3H3. The topological polar surface area (TPSA) is 52.6 Å². The summed E-state index contributed by atoms with van der Waals surface area (Å²) in [6.07, 6.45) is 18.1. The molecule has 0 aliphatic carbocycles. The van der Waals surface area contributed by atoms with E-state index in [-0.39, 0.29) is 11.9 Å². The third-order valence-electron chi connectivity index (χ3n) is 4.85. The van der Waals surface area contributed by atoms with Crippen LogP contribution in [0.1, 0.15) is 124 Å². The second-order valence-electron chi connectivity index (χ2n) is 8.39. The van der Waals surface area contributed by atoms with Gasteiger partial charge in [0.2, 0.25) is 0 Å². The van der Waals surface area contributed by atoms with E-state index in [1.54, 1.807) is 0 Å². The van der Waals surface area contributed by atoms with Crippen LogP contribution in [0.4, 0.5) is 0 Å². The highest BCUT2D eigenvalue weighted by atomic mass is 16.5. The highest BCUT2D eigenvalue weighted by Crippen LogP contribution is 2.12. The van der Waals surface area contributed by atoms with Crippen molar-refractivity contribution in [2.24, 2.45) is 5.92 Å². The number of esters is 2. The van der Waals surface area contributed by atoms with Crippen molar-refractivity contribution < 1.29 is 19.1 Å². The molecule has 0 aliphatic heterocycles. The number of hydrogen-bond acceptors (Lipinski definition) is 4. The molecule has 0 unspecified atom stereocenters. The fourth-order valence-electron chi connectivity index (χ4n) is 3.09. The predicted molar refractivity (Wildman–Crippen MR) is 116 cm³/mol. The molecule has 0 N–H and O–H groups in total. The zero-order chi connectivity index (χ0) is 20.9. The summed E-state index contributed by atoms with van der Waals surface area (Å²) in [5, 5.41) is 0. The van der Waals surface area contributed by atoms with Crippen molar-refractivity contribution in [3.63, 3.8) is 0 Å². The van der Waals surface area contributed by atoms with Crippen molar-refractivity contribution in [3.8, 4) is 0 Å². The van der Waals surface area contributed by atoms with E-state index in [0.29, 0.717) is 38.4 Å². The molecule has 0 heterocycles. The van der Waals surface area contributed by atoms with Crippen LogP contribution in [-0.2, 0) is 19.1 Å². The Morgan fingerprint density at radius 3 is 1.50 bits per heavy atom. The van der Waals surface area contributed by atoms with E-state index in [4.69, 9.17) is 9.47 Å². The second kappa shape index (κ2) is 20.7. The Morgan fingerprint density at radius 2 is 1.04 bits per heavy atom. The Balaban J connectivity index is 3.25. The molecule has 0 rings (SSSR count). The lowest BCUT2D eigenvalue weighted by molar-refractivity contribution is -0.146. The molecule has 4 nitrogen and oxygen atoms in total. The fraction of sp³-hybridized carbons (Fsp3) is 0.917. The molecule has 28 heavy (non-hydrogen) atoms. The first-order valence-corrected chi connectivity index (χ1v) is 11.9. The van der Waals surface area contributed by atoms with Gasteiger partial charge in [-0.05, 0) is 18.8 Å². The van der Waals surface area contributed by atoms with Crippen LogP contribution >= 0.6 is 0 Å². The molecule has 0 aromatic heterocycles. The molecule has 0 saturated carbocycles. The predicted octanol–water partition coefficient (Wildman–Crippen LogP) is 6.99. The lowest BCUT2D eigenvalue weighted by atomic mass is 10.0. The van der Waals surface area contributed by atoms with Gasteiger partial charge in [0.25, 0.3) is 0 Å². The molecular weight excluding hydrogens is 352 g/mol. The van der Waals surface area contributed by atoms with E-state index in [2.05, 4.69) is 6.92 Å². The maximum Gasteiger partial charge on any atom is 0.305 e. The molecule has 0 bridgehead atoms. The van der Waals surface area contributed by atoms with Crippen LogP contribution in [0.2, 0.25) is 0 Å². The first-order valence-electron chi connectivity index (χ1n) is 11.9. The van der Waals surface area contributed by atoms with Crippen molar-refractivity contribution in [2.75, 3.05) is 13.2 Å². The zero-order valence-corrected chi connectivity index (χ0v) is 18.9. The van der Waals surface area contributed by atoms with Crippen LogP contribution in [0.15, 0.2) is 0 Å². The minimum atomic E-state index is -0.224. The van der Waals surface area contributed by atoms with Crippen LogP contribution in [0, 0.1) is 5.92 Å². The Morgan fingerprint density at radius 1 is 0.607 bits per heavy atom. The normalized spacial score (nSPS) is 11.0. The Labute approximate surface area is 174 Å².